The molecular formula is C22H33N3O5S2. The highest BCUT2D eigenvalue weighted by molar-refractivity contribution is 7.89. The Balaban J connectivity index is 2.23. The molecule has 0 fully saturated rings. The van der Waals surface area contributed by atoms with Crippen molar-refractivity contribution < 1.29 is 22.7 Å². The second kappa shape index (κ2) is 12.4. The molecule has 0 saturated heterocycles. The first-order valence-electron chi connectivity index (χ1n) is 10.5. The Morgan fingerprint density at radius 2 is 1.72 bits per heavy atom. The van der Waals surface area contributed by atoms with Crippen molar-refractivity contribution in [1.82, 2.24) is 14.6 Å². The summed E-state index contributed by atoms with van der Waals surface area (Å²) in [5.41, 5.74) is 2.74. The van der Waals surface area contributed by atoms with Crippen LogP contribution in [-0.2, 0) is 26.0 Å². The van der Waals surface area contributed by atoms with Crippen LogP contribution < -0.4 is 5.32 Å². The van der Waals surface area contributed by atoms with Gasteiger partial charge in [-0.3, -0.25) is 4.79 Å². The Morgan fingerprint density at radius 1 is 1.09 bits per heavy atom. The predicted octanol–water partition coefficient (Wildman–Crippen LogP) is 3.06. The molecule has 0 aliphatic carbocycles. The number of carbonyl (C=O) groups excluding carboxylic acids is 1. The first-order valence-corrected chi connectivity index (χ1v) is 12.8. The van der Waals surface area contributed by atoms with E-state index in [1.807, 2.05) is 32.9 Å². The molecule has 0 aliphatic rings. The van der Waals surface area contributed by atoms with Crippen LogP contribution in [0.4, 0.5) is 0 Å². The van der Waals surface area contributed by atoms with Crippen LogP contribution in [0.25, 0.3) is 0 Å². The number of hydrogen-bond donors (Lipinski definition) is 1. The highest BCUT2D eigenvalue weighted by atomic mass is 32.2. The average Bonchev–Trinajstić information content (AvgIpc) is 3.18. The van der Waals surface area contributed by atoms with Gasteiger partial charge >= 0.3 is 0 Å². The van der Waals surface area contributed by atoms with Crippen LogP contribution in [0.5, 0.6) is 0 Å². The lowest BCUT2D eigenvalue weighted by atomic mass is 10.1. The van der Waals surface area contributed by atoms with Gasteiger partial charge in [0.1, 0.15) is 10.7 Å². The van der Waals surface area contributed by atoms with E-state index >= 15 is 0 Å². The standard InChI is InChI=1S/C22H33N3O5S2/c1-16-12-17(2)21(18(3)13-16)32(27,28)25(9-7-11-30-5)14-20-24-19(15-31-20)22(26)23-8-6-10-29-4/h12-13,15H,6-11,14H2,1-5H3,(H,23,26). The monoisotopic (exact) mass is 483 g/mol. The molecule has 0 aliphatic heterocycles. The smallest absolute Gasteiger partial charge is 0.270 e. The van der Waals surface area contributed by atoms with Crippen LogP contribution in [0, 0.1) is 20.8 Å². The third-order valence-electron chi connectivity index (χ3n) is 4.87. The highest BCUT2D eigenvalue weighted by Crippen LogP contribution is 2.27. The number of hydrogen-bond acceptors (Lipinski definition) is 7. The highest BCUT2D eigenvalue weighted by Gasteiger charge is 2.29. The molecule has 0 unspecified atom stereocenters. The number of carbonyl (C=O) groups is 1. The molecule has 10 heteroatoms. The van der Waals surface area contributed by atoms with E-state index in [4.69, 9.17) is 9.47 Å². The number of aromatic nitrogens is 1. The maximum Gasteiger partial charge on any atom is 0.270 e. The first-order chi connectivity index (χ1) is 15.2. The fourth-order valence-corrected chi connectivity index (χ4v) is 6.24. The molecule has 0 bridgehead atoms. The van der Waals surface area contributed by atoms with Gasteiger partial charge in [-0.15, -0.1) is 11.3 Å². The largest absolute Gasteiger partial charge is 0.385 e. The quantitative estimate of drug-likeness (QED) is 0.440. The molecule has 8 nitrogen and oxygen atoms in total. The lowest BCUT2D eigenvalue weighted by Gasteiger charge is -2.23. The molecular weight excluding hydrogens is 450 g/mol. The molecule has 0 atom stereocenters. The molecule has 1 heterocycles. The van der Waals surface area contributed by atoms with Gasteiger partial charge in [0.15, 0.2) is 0 Å². The Labute approximate surface area is 195 Å². The molecule has 2 rings (SSSR count). The summed E-state index contributed by atoms with van der Waals surface area (Å²) in [6, 6.07) is 3.76. The Hall–Kier alpha value is -1.85. The van der Waals surface area contributed by atoms with Crippen molar-refractivity contribution in [2.75, 3.05) is 40.5 Å². The van der Waals surface area contributed by atoms with Crippen molar-refractivity contribution in [2.24, 2.45) is 0 Å². The maximum absolute atomic E-state index is 13.6. The van der Waals surface area contributed by atoms with Gasteiger partial charge in [-0.2, -0.15) is 4.31 Å². The van der Waals surface area contributed by atoms with E-state index in [1.54, 1.807) is 19.6 Å². The van der Waals surface area contributed by atoms with Gasteiger partial charge in [-0.05, 0) is 44.7 Å². The molecule has 2 aromatic rings. The third-order valence-corrected chi connectivity index (χ3v) is 7.85. The zero-order valence-electron chi connectivity index (χ0n) is 19.4. The maximum atomic E-state index is 13.6. The molecule has 1 N–H and O–H groups in total. The van der Waals surface area contributed by atoms with E-state index in [1.165, 1.54) is 15.6 Å². The number of rotatable bonds is 13. The van der Waals surface area contributed by atoms with Crippen molar-refractivity contribution in [3.8, 4) is 0 Å². The fourth-order valence-electron chi connectivity index (χ4n) is 3.52. The van der Waals surface area contributed by atoms with Gasteiger partial charge in [0.25, 0.3) is 5.91 Å². The molecule has 0 spiro atoms. The summed E-state index contributed by atoms with van der Waals surface area (Å²) < 4.78 is 38.7. The van der Waals surface area contributed by atoms with Gasteiger partial charge in [0.05, 0.1) is 11.4 Å². The van der Waals surface area contributed by atoms with Crippen LogP contribution in [0.2, 0.25) is 0 Å². The second-order valence-corrected chi connectivity index (χ2v) is 10.5. The number of benzene rings is 1. The van der Waals surface area contributed by atoms with Gasteiger partial charge in [0.2, 0.25) is 10.0 Å². The summed E-state index contributed by atoms with van der Waals surface area (Å²) in [5, 5.41) is 5.02. The van der Waals surface area contributed by atoms with E-state index in [0.29, 0.717) is 54.7 Å². The van der Waals surface area contributed by atoms with Crippen LogP contribution in [0.3, 0.4) is 0 Å². The SMILES string of the molecule is COCCCNC(=O)c1csc(CN(CCCOC)S(=O)(=O)c2c(C)cc(C)cc2C)n1. The molecule has 1 aromatic carbocycles. The lowest BCUT2D eigenvalue weighted by molar-refractivity contribution is 0.0944. The first kappa shape index (κ1) is 26.4. The second-order valence-electron chi connectivity index (χ2n) is 7.64. The Morgan fingerprint density at radius 3 is 2.34 bits per heavy atom. The van der Waals surface area contributed by atoms with Gasteiger partial charge in [0, 0.05) is 45.9 Å². The molecule has 178 valence electrons. The van der Waals surface area contributed by atoms with Crippen molar-refractivity contribution >= 4 is 27.3 Å². The summed E-state index contributed by atoms with van der Waals surface area (Å²) in [6.45, 7) is 7.47. The molecule has 1 amide bonds. The minimum absolute atomic E-state index is 0.0976. The van der Waals surface area contributed by atoms with Gasteiger partial charge in [-0.25, -0.2) is 13.4 Å². The van der Waals surface area contributed by atoms with E-state index < -0.39 is 10.0 Å². The summed E-state index contributed by atoms with van der Waals surface area (Å²) in [5.74, 6) is -0.275. The van der Waals surface area contributed by atoms with Crippen molar-refractivity contribution in [1.29, 1.82) is 0 Å². The number of ether oxygens (including phenoxy) is 2. The zero-order valence-corrected chi connectivity index (χ0v) is 21.1. The van der Waals surface area contributed by atoms with E-state index in [2.05, 4.69) is 10.3 Å². The number of thiazole rings is 1. The minimum atomic E-state index is -3.76. The summed E-state index contributed by atoms with van der Waals surface area (Å²) in [6.07, 6.45) is 1.26. The molecule has 1 aromatic heterocycles. The van der Waals surface area contributed by atoms with Crippen LogP contribution in [-0.4, -0.2) is 64.1 Å². The normalized spacial score (nSPS) is 11.8. The minimum Gasteiger partial charge on any atom is -0.385 e. The number of aryl methyl sites for hydroxylation is 3. The summed E-state index contributed by atoms with van der Waals surface area (Å²) >= 11 is 1.28. The van der Waals surface area contributed by atoms with Crippen molar-refractivity contribution in [3.05, 3.63) is 44.9 Å². The zero-order chi connectivity index (χ0) is 23.7. The average molecular weight is 484 g/mol. The van der Waals surface area contributed by atoms with Crippen LogP contribution >= 0.6 is 11.3 Å². The Kier molecular flexibility index (Phi) is 10.2. The van der Waals surface area contributed by atoms with Crippen LogP contribution in [0.15, 0.2) is 22.4 Å². The molecule has 32 heavy (non-hydrogen) atoms. The van der Waals surface area contributed by atoms with Crippen molar-refractivity contribution in [3.63, 3.8) is 0 Å². The topological polar surface area (TPSA) is 97.8 Å². The van der Waals surface area contributed by atoms with E-state index in [-0.39, 0.29) is 12.5 Å². The number of nitrogens with one attached hydrogen (secondary N) is 1. The number of amides is 1. The summed E-state index contributed by atoms with van der Waals surface area (Å²) in [4.78, 5) is 17.0. The lowest BCUT2D eigenvalue weighted by Crippen LogP contribution is -2.33. The number of methoxy groups -OCH3 is 2. The molecule has 0 saturated carbocycles. The number of sulfonamides is 1. The number of nitrogens with zero attached hydrogens (tertiary/aromatic N) is 2. The predicted molar refractivity (Wildman–Crippen MR) is 126 cm³/mol. The van der Waals surface area contributed by atoms with Crippen molar-refractivity contribution in [2.45, 2.75) is 45.1 Å². The van der Waals surface area contributed by atoms with Gasteiger partial charge < -0.3 is 14.8 Å². The summed E-state index contributed by atoms with van der Waals surface area (Å²) in [7, 11) is -0.559. The van der Waals surface area contributed by atoms with Crippen LogP contribution in [0.1, 0.15) is 45.0 Å². The van der Waals surface area contributed by atoms with Gasteiger partial charge in [-0.1, -0.05) is 17.7 Å². The molecule has 0 radical (unpaired) electrons. The van der Waals surface area contributed by atoms with E-state index in [0.717, 1.165) is 16.7 Å². The third kappa shape index (κ3) is 7.08. The van der Waals surface area contributed by atoms with E-state index in [9.17, 15) is 13.2 Å². The Bertz CT molecular complexity index is 982. The fraction of sp³-hybridized carbons (Fsp3) is 0.545.